The maximum Gasteiger partial charge on any atom is 0.139 e. The SMILES string of the molecule is CC(Cl)c1nc2cc(F)c(Br)cc2n1C1CCC1. The predicted octanol–water partition coefficient (Wildman–Crippen LogP) is 4.96. The summed E-state index contributed by atoms with van der Waals surface area (Å²) in [6.07, 6.45) is 3.54. The molecule has 1 saturated carbocycles. The van der Waals surface area contributed by atoms with Gasteiger partial charge in [-0.05, 0) is 48.2 Å². The molecule has 1 aliphatic rings. The first-order valence-corrected chi connectivity index (χ1v) is 7.32. The van der Waals surface area contributed by atoms with Gasteiger partial charge in [-0.25, -0.2) is 9.37 Å². The standard InChI is InChI=1S/C13H13BrClFN2/c1-7(15)13-17-11-6-10(16)9(14)5-12(11)18(13)8-3-2-4-8/h5-8H,2-4H2,1H3. The first-order chi connectivity index (χ1) is 8.58. The van der Waals surface area contributed by atoms with Crippen molar-refractivity contribution in [3.63, 3.8) is 0 Å². The predicted molar refractivity (Wildman–Crippen MR) is 74.5 cm³/mol. The summed E-state index contributed by atoms with van der Waals surface area (Å²) in [5.74, 6) is 0.559. The molecule has 1 aromatic carbocycles. The van der Waals surface area contributed by atoms with Crippen molar-refractivity contribution in [2.24, 2.45) is 0 Å². The van der Waals surface area contributed by atoms with Gasteiger partial charge in [0.05, 0.1) is 20.9 Å². The average Bonchev–Trinajstić information content (AvgIpc) is 2.56. The third-order valence-corrected chi connectivity index (χ3v) is 4.36. The van der Waals surface area contributed by atoms with Crippen LogP contribution in [0.25, 0.3) is 11.0 Å². The summed E-state index contributed by atoms with van der Waals surface area (Å²) < 4.78 is 16.2. The number of halogens is 3. The van der Waals surface area contributed by atoms with Crippen molar-refractivity contribution in [2.75, 3.05) is 0 Å². The van der Waals surface area contributed by atoms with Crippen molar-refractivity contribution in [3.8, 4) is 0 Å². The van der Waals surface area contributed by atoms with Gasteiger partial charge in [-0.2, -0.15) is 0 Å². The van der Waals surface area contributed by atoms with Crippen LogP contribution < -0.4 is 0 Å². The molecule has 2 aromatic rings. The van der Waals surface area contributed by atoms with Crippen LogP contribution in [0.4, 0.5) is 4.39 Å². The minimum absolute atomic E-state index is 0.167. The zero-order valence-electron chi connectivity index (χ0n) is 9.96. The van der Waals surface area contributed by atoms with E-state index in [1.54, 1.807) is 6.07 Å². The number of hydrogen-bond donors (Lipinski definition) is 0. The molecule has 0 N–H and O–H groups in total. The van der Waals surface area contributed by atoms with E-state index in [1.165, 1.54) is 12.5 Å². The largest absolute Gasteiger partial charge is 0.324 e. The Kier molecular flexibility index (Phi) is 3.10. The quantitative estimate of drug-likeness (QED) is 0.711. The molecule has 0 radical (unpaired) electrons. The van der Waals surface area contributed by atoms with E-state index in [-0.39, 0.29) is 11.2 Å². The molecule has 2 nitrogen and oxygen atoms in total. The molecule has 18 heavy (non-hydrogen) atoms. The highest BCUT2D eigenvalue weighted by Gasteiger charge is 2.26. The lowest BCUT2D eigenvalue weighted by atomic mass is 9.92. The van der Waals surface area contributed by atoms with Crippen LogP contribution in [-0.2, 0) is 0 Å². The second-order valence-electron chi connectivity index (χ2n) is 4.80. The number of aromatic nitrogens is 2. The lowest BCUT2D eigenvalue weighted by molar-refractivity contribution is 0.313. The topological polar surface area (TPSA) is 17.8 Å². The Morgan fingerprint density at radius 3 is 2.78 bits per heavy atom. The fourth-order valence-corrected chi connectivity index (χ4v) is 2.90. The summed E-state index contributed by atoms with van der Waals surface area (Å²) in [4.78, 5) is 4.49. The summed E-state index contributed by atoms with van der Waals surface area (Å²) in [7, 11) is 0. The number of rotatable bonds is 2. The van der Waals surface area contributed by atoms with Gasteiger partial charge >= 0.3 is 0 Å². The molecular weight excluding hydrogens is 319 g/mol. The summed E-state index contributed by atoms with van der Waals surface area (Å²) in [6, 6.07) is 3.74. The summed E-state index contributed by atoms with van der Waals surface area (Å²) in [5.41, 5.74) is 1.65. The molecular formula is C13H13BrClFN2. The molecule has 96 valence electrons. The number of imidazole rings is 1. The molecule has 0 bridgehead atoms. The zero-order valence-corrected chi connectivity index (χ0v) is 12.3. The molecule has 1 aromatic heterocycles. The second kappa shape index (κ2) is 4.49. The van der Waals surface area contributed by atoms with Gasteiger partial charge in [-0.3, -0.25) is 0 Å². The summed E-state index contributed by atoms with van der Waals surface area (Å²) >= 11 is 9.43. The van der Waals surface area contributed by atoms with Crippen LogP contribution in [0.5, 0.6) is 0 Å². The fourth-order valence-electron chi connectivity index (χ4n) is 2.42. The van der Waals surface area contributed by atoms with Crippen LogP contribution in [0, 0.1) is 5.82 Å². The van der Waals surface area contributed by atoms with Gasteiger partial charge in [0.2, 0.25) is 0 Å². The molecule has 0 amide bonds. The first-order valence-electron chi connectivity index (χ1n) is 6.09. The smallest absolute Gasteiger partial charge is 0.139 e. The highest BCUT2D eigenvalue weighted by Crippen LogP contribution is 2.38. The van der Waals surface area contributed by atoms with Crippen molar-refractivity contribution in [2.45, 2.75) is 37.6 Å². The summed E-state index contributed by atoms with van der Waals surface area (Å²) in [5, 5.41) is -0.167. The van der Waals surface area contributed by atoms with Crippen LogP contribution in [0.1, 0.15) is 43.4 Å². The van der Waals surface area contributed by atoms with Crippen molar-refractivity contribution >= 4 is 38.6 Å². The first kappa shape index (κ1) is 12.4. The highest BCUT2D eigenvalue weighted by molar-refractivity contribution is 9.10. The summed E-state index contributed by atoms with van der Waals surface area (Å²) in [6.45, 7) is 1.91. The normalized spacial score (nSPS) is 18.0. The molecule has 1 heterocycles. The Morgan fingerprint density at radius 2 is 2.22 bits per heavy atom. The van der Waals surface area contributed by atoms with Crippen LogP contribution in [0.3, 0.4) is 0 Å². The van der Waals surface area contributed by atoms with Gasteiger partial charge in [0.15, 0.2) is 0 Å². The third-order valence-electron chi connectivity index (χ3n) is 3.55. The van der Waals surface area contributed by atoms with E-state index in [4.69, 9.17) is 11.6 Å². The number of benzene rings is 1. The maximum atomic E-state index is 13.6. The molecule has 0 spiro atoms. The lowest BCUT2D eigenvalue weighted by Crippen LogP contribution is -2.19. The van der Waals surface area contributed by atoms with Gasteiger partial charge in [-0.1, -0.05) is 0 Å². The minimum Gasteiger partial charge on any atom is -0.324 e. The molecule has 0 aliphatic heterocycles. The van der Waals surface area contributed by atoms with Crippen molar-refractivity contribution < 1.29 is 4.39 Å². The molecule has 1 unspecified atom stereocenters. The molecule has 1 atom stereocenters. The van der Waals surface area contributed by atoms with Crippen LogP contribution >= 0.6 is 27.5 Å². The number of alkyl halides is 1. The second-order valence-corrected chi connectivity index (χ2v) is 6.30. The number of hydrogen-bond acceptors (Lipinski definition) is 1. The average molecular weight is 332 g/mol. The lowest BCUT2D eigenvalue weighted by Gasteiger charge is -2.29. The number of nitrogens with zero attached hydrogens (tertiary/aromatic N) is 2. The fraction of sp³-hybridized carbons (Fsp3) is 0.462. The Balaban J connectivity index is 2.26. The van der Waals surface area contributed by atoms with E-state index < -0.39 is 0 Å². The molecule has 1 aliphatic carbocycles. The van der Waals surface area contributed by atoms with Crippen LogP contribution in [0.15, 0.2) is 16.6 Å². The van der Waals surface area contributed by atoms with Crippen molar-refractivity contribution in [3.05, 3.63) is 28.2 Å². The van der Waals surface area contributed by atoms with E-state index in [0.29, 0.717) is 16.0 Å². The zero-order chi connectivity index (χ0) is 12.9. The Labute approximate surface area is 118 Å². The Bertz CT molecular complexity index is 605. The van der Waals surface area contributed by atoms with E-state index in [1.807, 2.05) is 6.92 Å². The third kappa shape index (κ3) is 1.86. The van der Waals surface area contributed by atoms with Gasteiger partial charge in [0, 0.05) is 12.1 Å². The van der Waals surface area contributed by atoms with Gasteiger partial charge in [0.25, 0.3) is 0 Å². The van der Waals surface area contributed by atoms with Crippen LogP contribution in [0.2, 0.25) is 0 Å². The van der Waals surface area contributed by atoms with E-state index >= 15 is 0 Å². The highest BCUT2D eigenvalue weighted by atomic mass is 79.9. The molecule has 5 heteroatoms. The van der Waals surface area contributed by atoms with Crippen LogP contribution in [-0.4, -0.2) is 9.55 Å². The minimum atomic E-state index is -0.283. The molecule has 3 rings (SSSR count). The van der Waals surface area contributed by atoms with E-state index in [2.05, 4.69) is 25.5 Å². The van der Waals surface area contributed by atoms with Gasteiger partial charge < -0.3 is 4.57 Å². The monoisotopic (exact) mass is 330 g/mol. The van der Waals surface area contributed by atoms with Crippen molar-refractivity contribution in [1.29, 1.82) is 0 Å². The van der Waals surface area contributed by atoms with Gasteiger partial charge in [-0.15, -0.1) is 11.6 Å². The van der Waals surface area contributed by atoms with Gasteiger partial charge in [0.1, 0.15) is 11.6 Å². The Hall–Kier alpha value is -0.610. The van der Waals surface area contributed by atoms with E-state index in [0.717, 1.165) is 24.2 Å². The number of fused-ring (bicyclic) bond motifs is 1. The maximum absolute atomic E-state index is 13.6. The van der Waals surface area contributed by atoms with Crippen molar-refractivity contribution in [1.82, 2.24) is 9.55 Å². The Morgan fingerprint density at radius 1 is 1.50 bits per heavy atom. The van der Waals surface area contributed by atoms with E-state index in [9.17, 15) is 4.39 Å². The molecule has 0 saturated heterocycles. The molecule has 1 fully saturated rings.